The Hall–Kier alpha value is -4.10. The lowest BCUT2D eigenvalue weighted by molar-refractivity contribution is 0.313. The summed E-state index contributed by atoms with van der Waals surface area (Å²) in [4.78, 5) is 18.7. The first-order valence-electron chi connectivity index (χ1n) is 11.9. The van der Waals surface area contributed by atoms with Crippen LogP contribution in [-0.4, -0.2) is 62.9 Å². The second-order valence-electron chi connectivity index (χ2n) is 9.10. The van der Waals surface area contributed by atoms with Gasteiger partial charge in [0.25, 0.3) is 0 Å². The van der Waals surface area contributed by atoms with E-state index in [1.54, 1.807) is 10.9 Å². The smallest absolute Gasteiger partial charge is 0.162 e. The molecule has 0 radical (unpaired) electrons. The Morgan fingerprint density at radius 3 is 2.40 bits per heavy atom. The lowest BCUT2D eigenvalue weighted by Crippen LogP contribution is -2.44. The predicted octanol–water partition coefficient (Wildman–Crippen LogP) is 4.60. The predicted molar refractivity (Wildman–Crippen MR) is 140 cm³/mol. The lowest BCUT2D eigenvalue weighted by Gasteiger charge is -2.34. The summed E-state index contributed by atoms with van der Waals surface area (Å²) >= 11 is 0. The van der Waals surface area contributed by atoms with Gasteiger partial charge in [-0.15, -0.1) is 0 Å². The van der Waals surface area contributed by atoms with Gasteiger partial charge >= 0.3 is 0 Å². The van der Waals surface area contributed by atoms with Crippen molar-refractivity contribution in [3.63, 3.8) is 0 Å². The molecule has 1 aliphatic heterocycles. The number of nitrogens with zero attached hydrogens (tertiary/aromatic N) is 7. The Bertz CT molecular complexity index is 1480. The Balaban J connectivity index is 1.37. The largest absolute Gasteiger partial charge is 0.369 e. The molecule has 5 heterocycles. The molecule has 0 aliphatic carbocycles. The first-order valence-corrected chi connectivity index (χ1v) is 11.9. The first kappa shape index (κ1) is 21.4. The van der Waals surface area contributed by atoms with Gasteiger partial charge in [0.2, 0.25) is 0 Å². The second-order valence-corrected chi connectivity index (χ2v) is 9.10. The van der Waals surface area contributed by atoms with Crippen LogP contribution in [-0.2, 0) is 0 Å². The SMILES string of the molecule is Cc1ccn(-c2cc(-c3cncc(-c4ccc(N5CCN(C)CC5)cc4)c3)c3cccnc3n2)n1. The van der Waals surface area contributed by atoms with Crippen molar-refractivity contribution in [2.75, 3.05) is 38.1 Å². The van der Waals surface area contributed by atoms with Crippen LogP contribution >= 0.6 is 0 Å². The molecule has 1 aliphatic rings. The van der Waals surface area contributed by atoms with E-state index in [2.05, 4.69) is 74.4 Å². The number of fused-ring (bicyclic) bond motifs is 1. The lowest BCUT2D eigenvalue weighted by atomic mass is 10.00. The number of aryl methyl sites for hydroxylation is 1. The van der Waals surface area contributed by atoms with E-state index >= 15 is 0 Å². The molecule has 0 bridgehead atoms. The van der Waals surface area contributed by atoms with Crippen molar-refractivity contribution in [3.8, 4) is 28.1 Å². The summed E-state index contributed by atoms with van der Waals surface area (Å²) in [6.45, 7) is 6.30. The molecule has 35 heavy (non-hydrogen) atoms. The standard InChI is InChI=1S/C28H27N7/c1-20-9-11-35(32-20)27-17-26(25-4-3-10-30-28(25)31-27)23-16-22(18-29-19-23)21-5-7-24(8-6-21)34-14-12-33(2)13-15-34/h3-11,16-19H,12-15H2,1-2H3. The van der Waals surface area contributed by atoms with Crippen LogP contribution in [0.2, 0.25) is 0 Å². The van der Waals surface area contributed by atoms with Crippen LogP contribution < -0.4 is 4.90 Å². The van der Waals surface area contributed by atoms with Crippen LogP contribution in [0.25, 0.3) is 39.1 Å². The summed E-state index contributed by atoms with van der Waals surface area (Å²) in [5.41, 5.74) is 7.20. The van der Waals surface area contributed by atoms with Crippen molar-refractivity contribution in [2.45, 2.75) is 6.92 Å². The minimum Gasteiger partial charge on any atom is -0.369 e. The Kier molecular flexibility index (Phi) is 5.47. The third kappa shape index (κ3) is 4.26. The Morgan fingerprint density at radius 2 is 1.63 bits per heavy atom. The summed E-state index contributed by atoms with van der Waals surface area (Å²) in [5.74, 6) is 0.737. The molecule has 7 heteroatoms. The van der Waals surface area contributed by atoms with Gasteiger partial charge in [0, 0.05) is 73.2 Å². The molecule has 0 N–H and O–H groups in total. The normalized spacial score (nSPS) is 14.5. The first-order chi connectivity index (χ1) is 17.1. The number of hydrogen-bond acceptors (Lipinski definition) is 6. The van der Waals surface area contributed by atoms with E-state index in [0.717, 1.165) is 65.3 Å². The molecule has 4 aromatic heterocycles. The van der Waals surface area contributed by atoms with Crippen molar-refractivity contribution < 1.29 is 0 Å². The van der Waals surface area contributed by atoms with Crippen molar-refractivity contribution in [1.29, 1.82) is 0 Å². The van der Waals surface area contributed by atoms with Crippen LogP contribution in [0.5, 0.6) is 0 Å². The molecule has 0 spiro atoms. The highest BCUT2D eigenvalue weighted by Crippen LogP contribution is 2.32. The molecule has 1 saturated heterocycles. The highest BCUT2D eigenvalue weighted by atomic mass is 15.3. The minimum atomic E-state index is 0.690. The topological polar surface area (TPSA) is 63.0 Å². The monoisotopic (exact) mass is 461 g/mol. The van der Waals surface area contributed by atoms with Crippen molar-refractivity contribution in [1.82, 2.24) is 29.6 Å². The van der Waals surface area contributed by atoms with Crippen LogP contribution in [0.15, 0.2) is 79.4 Å². The van der Waals surface area contributed by atoms with Crippen molar-refractivity contribution in [3.05, 3.63) is 85.1 Å². The second kappa shape index (κ2) is 8.92. The van der Waals surface area contributed by atoms with Gasteiger partial charge in [-0.1, -0.05) is 12.1 Å². The third-order valence-electron chi connectivity index (χ3n) is 6.65. The molecule has 7 nitrogen and oxygen atoms in total. The van der Waals surface area contributed by atoms with Gasteiger partial charge in [0.1, 0.15) is 0 Å². The van der Waals surface area contributed by atoms with Crippen LogP contribution in [0.3, 0.4) is 0 Å². The summed E-state index contributed by atoms with van der Waals surface area (Å²) in [5, 5.41) is 5.53. The zero-order valence-corrected chi connectivity index (χ0v) is 20.0. The molecule has 174 valence electrons. The Labute approximate surface area is 204 Å². The summed E-state index contributed by atoms with van der Waals surface area (Å²) in [7, 11) is 2.18. The third-order valence-corrected chi connectivity index (χ3v) is 6.65. The number of rotatable bonds is 4. The van der Waals surface area contributed by atoms with E-state index < -0.39 is 0 Å². The van der Waals surface area contributed by atoms with Crippen LogP contribution in [0, 0.1) is 6.92 Å². The number of piperazine rings is 1. The Morgan fingerprint density at radius 1 is 0.829 bits per heavy atom. The zero-order chi connectivity index (χ0) is 23.8. The summed E-state index contributed by atoms with van der Waals surface area (Å²) in [6.07, 6.45) is 7.52. The number of hydrogen-bond donors (Lipinski definition) is 0. The van der Waals surface area contributed by atoms with Crippen molar-refractivity contribution in [2.24, 2.45) is 0 Å². The number of likely N-dealkylation sites (N-methyl/N-ethyl adjacent to an activating group) is 1. The molecular formula is C28H27N7. The molecule has 6 rings (SSSR count). The van der Waals surface area contributed by atoms with Crippen LogP contribution in [0.4, 0.5) is 5.69 Å². The molecule has 0 amide bonds. The number of pyridine rings is 3. The highest BCUT2D eigenvalue weighted by Gasteiger charge is 2.15. The highest BCUT2D eigenvalue weighted by molar-refractivity contribution is 5.94. The quantitative estimate of drug-likeness (QED) is 0.390. The molecule has 0 saturated carbocycles. The fourth-order valence-electron chi connectivity index (χ4n) is 4.62. The summed E-state index contributed by atoms with van der Waals surface area (Å²) in [6, 6.07) is 19.1. The van der Waals surface area contributed by atoms with E-state index in [0.29, 0.717) is 5.65 Å². The molecule has 0 unspecified atom stereocenters. The van der Waals surface area contributed by atoms with Gasteiger partial charge in [-0.05, 0) is 67.6 Å². The van der Waals surface area contributed by atoms with Gasteiger partial charge in [0.05, 0.1) is 5.69 Å². The average Bonchev–Trinajstić information content (AvgIpc) is 3.35. The van der Waals surface area contributed by atoms with E-state index in [-0.39, 0.29) is 0 Å². The fraction of sp³-hybridized carbons (Fsp3) is 0.214. The van der Waals surface area contributed by atoms with Gasteiger partial charge in [-0.3, -0.25) is 4.98 Å². The molecule has 1 aromatic carbocycles. The maximum Gasteiger partial charge on any atom is 0.162 e. The van der Waals surface area contributed by atoms with Gasteiger partial charge < -0.3 is 9.80 Å². The van der Waals surface area contributed by atoms with Gasteiger partial charge in [0.15, 0.2) is 11.5 Å². The molecular weight excluding hydrogens is 434 g/mol. The number of anilines is 1. The van der Waals surface area contributed by atoms with Crippen LogP contribution in [0.1, 0.15) is 5.69 Å². The van der Waals surface area contributed by atoms with E-state index in [4.69, 9.17) is 4.98 Å². The fourth-order valence-corrected chi connectivity index (χ4v) is 4.62. The van der Waals surface area contributed by atoms with Gasteiger partial charge in [-0.2, -0.15) is 5.10 Å². The van der Waals surface area contributed by atoms with Crippen molar-refractivity contribution >= 4 is 16.7 Å². The average molecular weight is 462 g/mol. The van der Waals surface area contributed by atoms with E-state index in [9.17, 15) is 0 Å². The maximum absolute atomic E-state index is 4.75. The zero-order valence-electron chi connectivity index (χ0n) is 20.0. The number of benzene rings is 1. The maximum atomic E-state index is 4.75. The summed E-state index contributed by atoms with van der Waals surface area (Å²) < 4.78 is 1.79. The van der Waals surface area contributed by atoms with E-state index in [1.807, 2.05) is 37.6 Å². The molecule has 1 fully saturated rings. The molecule has 0 atom stereocenters. The van der Waals surface area contributed by atoms with E-state index in [1.165, 1.54) is 5.69 Å². The molecule has 5 aromatic rings. The minimum absolute atomic E-state index is 0.690. The number of aromatic nitrogens is 5. The van der Waals surface area contributed by atoms with Gasteiger partial charge in [-0.25, -0.2) is 14.6 Å².